The Kier molecular flexibility index (Phi) is 4.42. The molecule has 0 radical (unpaired) electrons. The molecule has 21 heavy (non-hydrogen) atoms. The van der Waals surface area contributed by atoms with Crippen LogP contribution >= 0.6 is 11.8 Å². The smallest absolute Gasteiger partial charge is 0.315 e. The van der Waals surface area contributed by atoms with Crippen molar-refractivity contribution < 1.29 is 19.4 Å². The molecule has 1 aromatic carbocycles. The maximum Gasteiger partial charge on any atom is 0.315 e. The van der Waals surface area contributed by atoms with Crippen molar-refractivity contribution in [3.05, 3.63) is 16.7 Å². The highest BCUT2D eigenvalue weighted by Gasteiger charge is 2.32. The fourth-order valence-electron chi connectivity index (χ4n) is 2.45. The summed E-state index contributed by atoms with van der Waals surface area (Å²) in [4.78, 5) is 12.1. The number of methoxy groups -OCH3 is 1. The number of hydrogen-bond acceptors (Lipinski definition) is 5. The molecule has 0 saturated heterocycles. The highest BCUT2D eigenvalue weighted by atomic mass is 32.2. The van der Waals surface area contributed by atoms with Crippen LogP contribution in [0.2, 0.25) is 0 Å². The highest BCUT2D eigenvalue weighted by Crippen LogP contribution is 2.47. The lowest BCUT2D eigenvalue weighted by atomic mass is 9.91. The van der Waals surface area contributed by atoms with Crippen LogP contribution in [0.25, 0.3) is 0 Å². The molecule has 1 heterocycles. The minimum atomic E-state index is -0.302. The Bertz CT molecular complexity index is 578. The maximum absolute atomic E-state index is 11.4. The van der Waals surface area contributed by atoms with Gasteiger partial charge in [0.05, 0.1) is 17.8 Å². The zero-order chi connectivity index (χ0) is 15.8. The summed E-state index contributed by atoms with van der Waals surface area (Å²) in [6, 6.07) is 0. The zero-order valence-electron chi connectivity index (χ0n) is 13.2. The van der Waals surface area contributed by atoms with Crippen LogP contribution in [0.4, 0.5) is 0 Å². The van der Waals surface area contributed by atoms with Gasteiger partial charge in [0.25, 0.3) is 0 Å². The van der Waals surface area contributed by atoms with Crippen molar-refractivity contribution >= 4 is 17.7 Å². The first-order valence-corrected chi connectivity index (χ1v) is 7.99. The maximum atomic E-state index is 11.4. The molecule has 0 bridgehead atoms. The molecule has 0 atom stereocenters. The van der Waals surface area contributed by atoms with Gasteiger partial charge in [-0.25, -0.2) is 0 Å². The standard InChI is InChI=1S/C16H22O4S/c1-9-10(2)14-11(6-7-16(3,4)20-14)15(13(9)18)21-8-12(17)19-5/h18H,6-8H2,1-5H3. The predicted molar refractivity (Wildman–Crippen MR) is 83.3 cm³/mol. The predicted octanol–water partition coefficient (Wildman–Crippen LogP) is 3.38. The van der Waals surface area contributed by atoms with E-state index in [1.54, 1.807) is 0 Å². The summed E-state index contributed by atoms with van der Waals surface area (Å²) in [5.41, 5.74) is 2.58. The van der Waals surface area contributed by atoms with Gasteiger partial charge >= 0.3 is 5.97 Å². The van der Waals surface area contributed by atoms with Gasteiger partial charge < -0.3 is 14.6 Å². The number of carbonyl (C=O) groups is 1. The first-order chi connectivity index (χ1) is 9.76. The number of carbonyl (C=O) groups excluding carboxylic acids is 1. The number of rotatable bonds is 3. The number of ether oxygens (including phenoxy) is 2. The Hall–Kier alpha value is -1.36. The zero-order valence-corrected chi connectivity index (χ0v) is 14.0. The van der Waals surface area contributed by atoms with E-state index >= 15 is 0 Å². The number of esters is 1. The minimum absolute atomic E-state index is 0.183. The third-order valence-corrected chi connectivity index (χ3v) is 5.05. The molecule has 0 unspecified atom stereocenters. The second-order valence-electron chi connectivity index (χ2n) is 5.96. The van der Waals surface area contributed by atoms with Gasteiger partial charge in [0.2, 0.25) is 0 Å². The molecule has 0 aromatic heterocycles. The summed E-state index contributed by atoms with van der Waals surface area (Å²) in [7, 11) is 1.37. The van der Waals surface area contributed by atoms with E-state index in [0.717, 1.165) is 40.2 Å². The van der Waals surface area contributed by atoms with E-state index in [1.807, 2.05) is 13.8 Å². The fraction of sp³-hybridized carbons (Fsp3) is 0.562. The van der Waals surface area contributed by atoms with Crippen LogP contribution < -0.4 is 4.74 Å². The quantitative estimate of drug-likeness (QED) is 0.685. The largest absolute Gasteiger partial charge is 0.506 e. The van der Waals surface area contributed by atoms with Gasteiger partial charge in [-0.1, -0.05) is 0 Å². The van der Waals surface area contributed by atoms with E-state index in [9.17, 15) is 9.90 Å². The van der Waals surface area contributed by atoms with Crippen molar-refractivity contribution in [1.29, 1.82) is 0 Å². The van der Waals surface area contributed by atoms with Crippen molar-refractivity contribution in [3.63, 3.8) is 0 Å². The van der Waals surface area contributed by atoms with Crippen molar-refractivity contribution in [2.75, 3.05) is 12.9 Å². The Morgan fingerprint density at radius 3 is 2.67 bits per heavy atom. The lowest BCUT2D eigenvalue weighted by Gasteiger charge is -2.35. The minimum Gasteiger partial charge on any atom is -0.506 e. The van der Waals surface area contributed by atoms with Crippen LogP contribution in [-0.4, -0.2) is 29.5 Å². The SMILES string of the molecule is COC(=O)CSc1c(O)c(C)c(C)c2c1CCC(C)(C)O2. The summed E-state index contributed by atoms with van der Waals surface area (Å²) in [6.45, 7) is 7.97. The van der Waals surface area contributed by atoms with E-state index in [1.165, 1.54) is 18.9 Å². The summed E-state index contributed by atoms with van der Waals surface area (Å²) in [6.07, 6.45) is 1.72. The number of benzene rings is 1. The molecule has 0 fully saturated rings. The number of aromatic hydroxyl groups is 1. The second kappa shape index (κ2) is 5.79. The monoisotopic (exact) mass is 310 g/mol. The third kappa shape index (κ3) is 3.12. The average molecular weight is 310 g/mol. The van der Waals surface area contributed by atoms with Gasteiger partial charge in [0, 0.05) is 5.56 Å². The molecular formula is C16H22O4S. The van der Waals surface area contributed by atoms with Crippen molar-refractivity contribution in [1.82, 2.24) is 0 Å². The lowest BCUT2D eigenvalue weighted by molar-refractivity contribution is -0.137. The number of phenols is 1. The van der Waals surface area contributed by atoms with Gasteiger partial charge in [0.1, 0.15) is 17.1 Å². The van der Waals surface area contributed by atoms with E-state index in [2.05, 4.69) is 18.6 Å². The number of fused-ring (bicyclic) bond motifs is 1. The van der Waals surface area contributed by atoms with Crippen LogP contribution in [0.15, 0.2) is 4.90 Å². The molecule has 1 aromatic rings. The molecule has 0 aliphatic carbocycles. The van der Waals surface area contributed by atoms with Crippen molar-refractivity contribution in [2.24, 2.45) is 0 Å². The molecule has 0 amide bonds. The molecular weight excluding hydrogens is 288 g/mol. The van der Waals surface area contributed by atoms with Crippen LogP contribution in [-0.2, 0) is 16.0 Å². The van der Waals surface area contributed by atoms with E-state index in [0.29, 0.717) is 0 Å². The number of thioether (sulfide) groups is 1. The molecule has 0 saturated carbocycles. The molecule has 1 N–H and O–H groups in total. The second-order valence-corrected chi connectivity index (χ2v) is 6.95. The van der Waals surface area contributed by atoms with Gasteiger partial charge in [-0.15, -0.1) is 11.8 Å². The van der Waals surface area contributed by atoms with E-state index in [4.69, 9.17) is 4.74 Å². The van der Waals surface area contributed by atoms with Gasteiger partial charge in [-0.05, 0) is 51.7 Å². The van der Waals surface area contributed by atoms with Crippen molar-refractivity contribution in [2.45, 2.75) is 51.0 Å². The highest BCUT2D eigenvalue weighted by molar-refractivity contribution is 8.00. The van der Waals surface area contributed by atoms with Crippen LogP contribution in [0.1, 0.15) is 37.0 Å². The van der Waals surface area contributed by atoms with Crippen LogP contribution in [0.5, 0.6) is 11.5 Å². The van der Waals surface area contributed by atoms with Gasteiger partial charge in [-0.2, -0.15) is 0 Å². The molecule has 2 rings (SSSR count). The first-order valence-electron chi connectivity index (χ1n) is 7.00. The molecule has 0 spiro atoms. The average Bonchev–Trinajstić information content (AvgIpc) is 2.44. The third-order valence-electron chi connectivity index (χ3n) is 3.94. The Morgan fingerprint density at radius 1 is 1.38 bits per heavy atom. The molecule has 116 valence electrons. The Labute approximate surface area is 129 Å². The molecule has 4 nitrogen and oxygen atoms in total. The number of phenolic OH excluding ortho intramolecular Hbond substituents is 1. The van der Waals surface area contributed by atoms with Gasteiger partial charge in [0.15, 0.2) is 0 Å². The Morgan fingerprint density at radius 2 is 2.05 bits per heavy atom. The summed E-state index contributed by atoms with van der Waals surface area (Å²) in [5.74, 6) is 0.989. The summed E-state index contributed by atoms with van der Waals surface area (Å²) < 4.78 is 10.8. The van der Waals surface area contributed by atoms with E-state index < -0.39 is 0 Å². The summed E-state index contributed by atoms with van der Waals surface area (Å²) >= 11 is 1.31. The number of hydrogen-bond donors (Lipinski definition) is 1. The lowest BCUT2D eigenvalue weighted by Crippen LogP contribution is -2.33. The van der Waals surface area contributed by atoms with Crippen molar-refractivity contribution in [3.8, 4) is 11.5 Å². The molecule has 1 aliphatic heterocycles. The first kappa shape index (κ1) is 16.0. The topological polar surface area (TPSA) is 55.8 Å². The molecule has 1 aliphatic rings. The fourth-order valence-corrected chi connectivity index (χ4v) is 3.49. The normalized spacial score (nSPS) is 16.0. The van der Waals surface area contributed by atoms with Gasteiger partial charge in [-0.3, -0.25) is 4.79 Å². The van der Waals surface area contributed by atoms with Crippen LogP contribution in [0.3, 0.4) is 0 Å². The summed E-state index contributed by atoms with van der Waals surface area (Å²) in [5, 5.41) is 10.4. The Balaban J connectivity index is 2.46. The van der Waals surface area contributed by atoms with E-state index in [-0.39, 0.29) is 23.1 Å². The van der Waals surface area contributed by atoms with Crippen LogP contribution in [0, 0.1) is 13.8 Å². The molecule has 5 heteroatoms.